The standard InChI is InChI=1S/C28H25N9/c1-16-14-37(15-31-16)25-8-9-30-28-21(25)11-24(34-28)27-26-23(35-36-27)7-6-22(33-26)19-10-20(13-29-12-19)32-17(2)18-4-3-5-18/h6-15,18,32H,2-5H2,1H3,(H,30,34)(H,35,36). The molecule has 6 aromatic rings. The van der Waals surface area contributed by atoms with Crippen LogP contribution in [0.25, 0.3) is 50.4 Å². The van der Waals surface area contributed by atoms with E-state index >= 15 is 0 Å². The summed E-state index contributed by atoms with van der Waals surface area (Å²) in [6.07, 6.45) is 12.9. The topological polar surface area (TPSA) is 113 Å². The molecule has 9 heteroatoms. The monoisotopic (exact) mass is 487 g/mol. The van der Waals surface area contributed by atoms with Crippen molar-refractivity contribution in [2.24, 2.45) is 5.92 Å². The molecule has 182 valence electrons. The number of rotatable bonds is 6. The van der Waals surface area contributed by atoms with Crippen LogP contribution in [0.5, 0.6) is 0 Å². The van der Waals surface area contributed by atoms with Gasteiger partial charge in [0.2, 0.25) is 0 Å². The molecule has 3 N–H and O–H groups in total. The van der Waals surface area contributed by atoms with Crippen LogP contribution in [0.1, 0.15) is 25.0 Å². The third kappa shape index (κ3) is 3.76. The highest BCUT2D eigenvalue weighted by atomic mass is 15.1. The first kappa shape index (κ1) is 21.5. The first-order valence-corrected chi connectivity index (χ1v) is 12.4. The van der Waals surface area contributed by atoms with Crippen molar-refractivity contribution in [1.82, 2.24) is 39.7 Å². The van der Waals surface area contributed by atoms with Crippen LogP contribution in [0.3, 0.4) is 0 Å². The summed E-state index contributed by atoms with van der Waals surface area (Å²) in [5.74, 6) is 0.552. The van der Waals surface area contributed by atoms with E-state index in [0.717, 1.165) is 67.5 Å². The summed E-state index contributed by atoms with van der Waals surface area (Å²) in [6.45, 7) is 6.19. The molecule has 0 spiro atoms. The quantitative estimate of drug-likeness (QED) is 0.274. The van der Waals surface area contributed by atoms with Crippen molar-refractivity contribution in [2.75, 3.05) is 5.32 Å². The molecule has 37 heavy (non-hydrogen) atoms. The molecule has 6 heterocycles. The summed E-state index contributed by atoms with van der Waals surface area (Å²) >= 11 is 0. The number of nitrogens with one attached hydrogen (secondary N) is 3. The van der Waals surface area contributed by atoms with Crippen molar-refractivity contribution in [3.8, 4) is 28.3 Å². The second-order valence-electron chi connectivity index (χ2n) is 9.60. The zero-order valence-electron chi connectivity index (χ0n) is 20.4. The largest absolute Gasteiger partial charge is 0.358 e. The van der Waals surface area contributed by atoms with Gasteiger partial charge >= 0.3 is 0 Å². The van der Waals surface area contributed by atoms with E-state index in [1.54, 1.807) is 6.20 Å². The van der Waals surface area contributed by atoms with Crippen LogP contribution < -0.4 is 5.32 Å². The number of hydrogen-bond acceptors (Lipinski definition) is 6. The number of imidazole rings is 1. The minimum absolute atomic E-state index is 0.552. The van der Waals surface area contributed by atoms with Gasteiger partial charge in [0, 0.05) is 35.2 Å². The number of aromatic nitrogens is 8. The molecule has 9 nitrogen and oxygen atoms in total. The molecule has 0 amide bonds. The molecule has 0 bridgehead atoms. The molecule has 0 aliphatic heterocycles. The molecular weight excluding hydrogens is 462 g/mol. The third-order valence-corrected chi connectivity index (χ3v) is 7.10. The number of aryl methyl sites for hydroxylation is 1. The molecule has 0 saturated heterocycles. The van der Waals surface area contributed by atoms with Crippen LogP contribution in [-0.2, 0) is 0 Å². The summed E-state index contributed by atoms with van der Waals surface area (Å²) in [5, 5.41) is 12.1. The molecule has 0 unspecified atom stereocenters. The van der Waals surface area contributed by atoms with Gasteiger partial charge in [-0.2, -0.15) is 5.10 Å². The molecule has 0 aromatic carbocycles. The molecule has 1 fully saturated rings. The van der Waals surface area contributed by atoms with Gasteiger partial charge in [-0.25, -0.2) is 15.0 Å². The van der Waals surface area contributed by atoms with Crippen molar-refractivity contribution in [1.29, 1.82) is 0 Å². The first-order valence-electron chi connectivity index (χ1n) is 12.4. The molecular formula is C28H25N9. The fourth-order valence-electron chi connectivity index (χ4n) is 4.86. The van der Waals surface area contributed by atoms with E-state index < -0.39 is 0 Å². The van der Waals surface area contributed by atoms with Gasteiger partial charge < -0.3 is 14.9 Å². The maximum atomic E-state index is 4.98. The lowest BCUT2D eigenvalue weighted by Crippen LogP contribution is -2.18. The number of aromatic amines is 2. The van der Waals surface area contributed by atoms with Crippen molar-refractivity contribution in [3.05, 3.63) is 79.4 Å². The number of anilines is 1. The number of fused-ring (bicyclic) bond motifs is 2. The van der Waals surface area contributed by atoms with E-state index in [1.165, 1.54) is 19.3 Å². The second-order valence-corrected chi connectivity index (χ2v) is 9.60. The smallest absolute Gasteiger partial charge is 0.139 e. The molecule has 1 aliphatic carbocycles. The van der Waals surface area contributed by atoms with E-state index in [2.05, 4.69) is 54.2 Å². The molecule has 0 atom stereocenters. The summed E-state index contributed by atoms with van der Waals surface area (Å²) < 4.78 is 2.00. The Bertz CT molecular complexity index is 1780. The Kier molecular flexibility index (Phi) is 4.88. The lowest BCUT2D eigenvalue weighted by molar-refractivity contribution is 0.371. The van der Waals surface area contributed by atoms with Gasteiger partial charge in [-0.15, -0.1) is 0 Å². The van der Waals surface area contributed by atoms with Crippen LogP contribution in [0, 0.1) is 12.8 Å². The van der Waals surface area contributed by atoms with Crippen LogP contribution in [0.2, 0.25) is 0 Å². The summed E-state index contributed by atoms with van der Waals surface area (Å²) in [5.41, 5.74) is 9.68. The number of hydrogen-bond donors (Lipinski definition) is 3. The fraction of sp³-hybridized carbons (Fsp3) is 0.179. The highest BCUT2D eigenvalue weighted by Gasteiger charge is 2.21. The Morgan fingerprint density at radius 2 is 2.05 bits per heavy atom. The maximum Gasteiger partial charge on any atom is 0.139 e. The first-order chi connectivity index (χ1) is 18.1. The maximum absolute atomic E-state index is 4.98. The van der Waals surface area contributed by atoms with Gasteiger partial charge in [-0.1, -0.05) is 13.0 Å². The lowest BCUT2D eigenvalue weighted by Gasteiger charge is -2.28. The zero-order chi connectivity index (χ0) is 24.9. The van der Waals surface area contributed by atoms with Crippen molar-refractivity contribution < 1.29 is 0 Å². The van der Waals surface area contributed by atoms with Gasteiger partial charge in [0.25, 0.3) is 0 Å². The lowest BCUT2D eigenvalue weighted by atomic mass is 9.83. The summed E-state index contributed by atoms with van der Waals surface area (Å²) in [6, 6.07) is 10.1. The second kappa shape index (κ2) is 8.41. The van der Waals surface area contributed by atoms with E-state index in [0.29, 0.717) is 5.92 Å². The van der Waals surface area contributed by atoms with Gasteiger partial charge in [0.05, 0.1) is 46.5 Å². The highest BCUT2D eigenvalue weighted by molar-refractivity contribution is 5.95. The molecule has 1 aliphatic rings. The predicted octanol–water partition coefficient (Wildman–Crippen LogP) is 5.78. The molecule has 0 radical (unpaired) electrons. The van der Waals surface area contributed by atoms with Gasteiger partial charge in [-0.3, -0.25) is 10.1 Å². The molecule has 6 aromatic heterocycles. The number of nitrogens with zero attached hydrogens (tertiary/aromatic N) is 6. The van der Waals surface area contributed by atoms with Gasteiger partial charge in [-0.05, 0) is 56.0 Å². The van der Waals surface area contributed by atoms with Gasteiger partial charge in [0.15, 0.2) is 0 Å². The normalized spacial score (nSPS) is 13.8. The van der Waals surface area contributed by atoms with Crippen molar-refractivity contribution in [2.45, 2.75) is 26.2 Å². The SMILES string of the molecule is C=C(Nc1cncc(-c2ccc3[nH]nc(-c4cc5c(-n6cnc(C)c6)ccnc5[nH]4)c3n2)c1)C1CCC1. The highest BCUT2D eigenvalue weighted by Crippen LogP contribution is 2.34. The van der Waals surface area contributed by atoms with Gasteiger partial charge in [0.1, 0.15) is 16.9 Å². The third-order valence-electron chi connectivity index (χ3n) is 7.10. The number of pyridine rings is 3. The Labute approximate surface area is 212 Å². The molecule has 1 saturated carbocycles. The van der Waals surface area contributed by atoms with Crippen LogP contribution in [0.4, 0.5) is 5.69 Å². The Balaban J connectivity index is 1.26. The average molecular weight is 488 g/mol. The van der Waals surface area contributed by atoms with Crippen LogP contribution in [0.15, 0.2) is 73.7 Å². The van der Waals surface area contributed by atoms with Crippen molar-refractivity contribution >= 4 is 27.8 Å². The fourth-order valence-corrected chi connectivity index (χ4v) is 4.86. The predicted molar refractivity (Wildman–Crippen MR) is 144 cm³/mol. The zero-order valence-corrected chi connectivity index (χ0v) is 20.4. The van der Waals surface area contributed by atoms with Crippen LogP contribution in [-0.4, -0.2) is 39.7 Å². The van der Waals surface area contributed by atoms with Crippen molar-refractivity contribution in [3.63, 3.8) is 0 Å². The minimum Gasteiger partial charge on any atom is -0.358 e. The van der Waals surface area contributed by atoms with E-state index in [-0.39, 0.29) is 0 Å². The summed E-state index contributed by atoms with van der Waals surface area (Å²) in [4.78, 5) is 21.7. The van der Waals surface area contributed by atoms with E-state index in [9.17, 15) is 0 Å². The Morgan fingerprint density at radius 3 is 2.86 bits per heavy atom. The number of H-pyrrole nitrogens is 2. The summed E-state index contributed by atoms with van der Waals surface area (Å²) in [7, 11) is 0. The van der Waals surface area contributed by atoms with Crippen LogP contribution >= 0.6 is 0 Å². The number of allylic oxidation sites excluding steroid dienone is 1. The Hall–Kier alpha value is -4.79. The van der Waals surface area contributed by atoms with E-state index in [4.69, 9.17) is 4.98 Å². The van der Waals surface area contributed by atoms with E-state index in [1.807, 2.05) is 54.6 Å². The Morgan fingerprint density at radius 1 is 1.14 bits per heavy atom. The molecule has 7 rings (SSSR count). The minimum atomic E-state index is 0.552. The average Bonchev–Trinajstić information content (AvgIpc) is 3.60.